The highest BCUT2D eigenvalue weighted by atomic mass is 79.9. The van der Waals surface area contributed by atoms with E-state index in [9.17, 15) is 0 Å². The molecule has 0 aromatic heterocycles. The largest absolute Gasteiger partial charge is 0.489 e. The Morgan fingerprint density at radius 3 is 3.04 bits per heavy atom. The molecule has 1 aromatic carbocycles. The summed E-state index contributed by atoms with van der Waals surface area (Å²) in [4.78, 5) is 0. The van der Waals surface area contributed by atoms with E-state index in [1.807, 2.05) is 0 Å². The van der Waals surface area contributed by atoms with Crippen molar-refractivity contribution in [3.8, 4) is 5.75 Å². The van der Waals surface area contributed by atoms with Gasteiger partial charge in [-0.25, -0.2) is 0 Å². The van der Waals surface area contributed by atoms with Gasteiger partial charge in [-0.1, -0.05) is 28.1 Å². The van der Waals surface area contributed by atoms with Crippen LogP contribution >= 0.6 is 15.9 Å². The third-order valence-corrected chi connectivity index (χ3v) is 5.64. The summed E-state index contributed by atoms with van der Waals surface area (Å²) in [7, 11) is 0. The van der Waals surface area contributed by atoms with Gasteiger partial charge in [0.15, 0.2) is 6.29 Å². The normalized spacial score (nSPS) is 27.8. The number of benzene rings is 1. The number of hydrogen-bond acceptors (Lipinski definition) is 3. The smallest absolute Gasteiger partial charge is 0.157 e. The van der Waals surface area contributed by atoms with E-state index in [1.54, 1.807) is 0 Å². The molecule has 0 bridgehead atoms. The van der Waals surface area contributed by atoms with Crippen LogP contribution in [0.3, 0.4) is 0 Å². The average molecular weight is 393 g/mol. The van der Waals surface area contributed by atoms with Crippen molar-refractivity contribution in [1.82, 2.24) is 0 Å². The van der Waals surface area contributed by atoms with E-state index in [4.69, 9.17) is 14.2 Å². The van der Waals surface area contributed by atoms with E-state index in [0.29, 0.717) is 12.0 Å². The molecule has 0 saturated carbocycles. The van der Waals surface area contributed by atoms with E-state index < -0.39 is 0 Å². The molecule has 2 aliphatic heterocycles. The maximum atomic E-state index is 6.23. The molecule has 1 saturated heterocycles. The second-order valence-corrected chi connectivity index (χ2v) is 7.87. The lowest BCUT2D eigenvalue weighted by molar-refractivity contribution is -0.162. The van der Waals surface area contributed by atoms with Gasteiger partial charge in [-0.3, -0.25) is 0 Å². The predicted octanol–water partition coefficient (Wildman–Crippen LogP) is 5.12. The maximum Gasteiger partial charge on any atom is 0.157 e. The fourth-order valence-electron chi connectivity index (χ4n) is 3.93. The number of hydrogen-bond donors (Lipinski definition) is 0. The molecule has 2 heterocycles. The van der Waals surface area contributed by atoms with Crippen molar-refractivity contribution >= 4 is 15.9 Å². The van der Waals surface area contributed by atoms with Gasteiger partial charge in [0.05, 0.1) is 0 Å². The molecule has 0 amide bonds. The van der Waals surface area contributed by atoms with Crippen molar-refractivity contribution in [1.29, 1.82) is 0 Å². The molecule has 0 spiro atoms. The molecule has 130 valence electrons. The molecule has 0 radical (unpaired) electrons. The summed E-state index contributed by atoms with van der Waals surface area (Å²) in [6.07, 6.45) is 12.6. The minimum absolute atomic E-state index is 0.0309. The van der Waals surface area contributed by atoms with Crippen LogP contribution in [-0.4, -0.2) is 25.6 Å². The summed E-state index contributed by atoms with van der Waals surface area (Å²) in [5, 5.41) is 0. The molecule has 3 aliphatic rings. The molecule has 3 atom stereocenters. The first-order valence-corrected chi connectivity index (χ1v) is 9.99. The number of halogens is 1. The van der Waals surface area contributed by atoms with Gasteiger partial charge >= 0.3 is 0 Å². The zero-order valence-electron chi connectivity index (χ0n) is 14.0. The molecule has 1 aromatic rings. The first-order valence-electron chi connectivity index (χ1n) is 9.20. The van der Waals surface area contributed by atoms with Crippen LogP contribution in [0, 0.1) is 0 Å². The van der Waals surface area contributed by atoms with E-state index in [2.05, 4.69) is 40.2 Å². The van der Waals surface area contributed by atoms with Crippen molar-refractivity contribution in [2.45, 2.75) is 63.3 Å². The highest BCUT2D eigenvalue weighted by Crippen LogP contribution is 2.46. The minimum Gasteiger partial charge on any atom is -0.489 e. The summed E-state index contributed by atoms with van der Waals surface area (Å²) in [6, 6.07) is 4.44. The Morgan fingerprint density at radius 2 is 2.17 bits per heavy atom. The molecule has 4 rings (SSSR count). The first kappa shape index (κ1) is 16.6. The van der Waals surface area contributed by atoms with Crippen molar-refractivity contribution in [2.75, 3.05) is 13.2 Å². The average Bonchev–Trinajstić information content (AvgIpc) is 3.17. The standard InChI is InChI=1S/C20H25BrO3/c21-15-12-14(6-1-3-10-22-19-9-2-4-11-23-19)20-17(13-15)16-7-5-8-18(16)24-20/h5,7,12-13,16,18-19H,1-4,6,8-11H2/t16-,18-,19?/m1/s1. The number of rotatable bonds is 6. The van der Waals surface area contributed by atoms with Gasteiger partial charge in [-0.15, -0.1) is 0 Å². The quantitative estimate of drug-likeness (QED) is 0.496. The van der Waals surface area contributed by atoms with Crippen LogP contribution in [0.5, 0.6) is 5.75 Å². The van der Waals surface area contributed by atoms with Gasteiger partial charge in [0.25, 0.3) is 0 Å². The Hall–Kier alpha value is -0.840. The van der Waals surface area contributed by atoms with E-state index in [1.165, 1.54) is 24.0 Å². The van der Waals surface area contributed by atoms with E-state index >= 15 is 0 Å². The molecule has 1 unspecified atom stereocenters. The van der Waals surface area contributed by atoms with Gasteiger partial charge < -0.3 is 14.2 Å². The van der Waals surface area contributed by atoms with E-state index in [0.717, 1.165) is 55.5 Å². The van der Waals surface area contributed by atoms with Gasteiger partial charge in [0, 0.05) is 35.6 Å². The Morgan fingerprint density at radius 1 is 1.21 bits per heavy atom. The summed E-state index contributed by atoms with van der Waals surface area (Å²) < 4.78 is 18.8. The summed E-state index contributed by atoms with van der Waals surface area (Å²) >= 11 is 3.67. The molecular weight excluding hydrogens is 368 g/mol. The third-order valence-electron chi connectivity index (χ3n) is 5.18. The molecular formula is C20H25BrO3. The molecule has 0 N–H and O–H groups in total. The van der Waals surface area contributed by atoms with Gasteiger partial charge in [0.2, 0.25) is 0 Å². The lowest BCUT2D eigenvalue weighted by Crippen LogP contribution is -2.22. The fraction of sp³-hybridized carbons (Fsp3) is 0.600. The number of ether oxygens (including phenoxy) is 3. The van der Waals surface area contributed by atoms with Crippen molar-refractivity contribution in [2.24, 2.45) is 0 Å². The topological polar surface area (TPSA) is 27.7 Å². The molecule has 24 heavy (non-hydrogen) atoms. The Labute approximate surface area is 152 Å². The Bertz CT molecular complexity index is 607. The van der Waals surface area contributed by atoms with Crippen LogP contribution in [0.25, 0.3) is 0 Å². The zero-order chi connectivity index (χ0) is 16.4. The van der Waals surface area contributed by atoms with Crippen molar-refractivity contribution < 1.29 is 14.2 Å². The lowest BCUT2D eigenvalue weighted by atomic mass is 9.95. The van der Waals surface area contributed by atoms with Crippen molar-refractivity contribution in [3.05, 3.63) is 39.9 Å². The number of aryl methyl sites for hydroxylation is 1. The van der Waals surface area contributed by atoms with Crippen molar-refractivity contribution in [3.63, 3.8) is 0 Å². The van der Waals surface area contributed by atoms with Crippen LogP contribution in [0.4, 0.5) is 0 Å². The second-order valence-electron chi connectivity index (χ2n) is 6.95. The van der Waals surface area contributed by atoms with Crippen LogP contribution in [0.2, 0.25) is 0 Å². The van der Waals surface area contributed by atoms with Gasteiger partial charge in [-0.2, -0.15) is 0 Å². The predicted molar refractivity (Wildman–Crippen MR) is 97.5 cm³/mol. The Kier molecular flexibility index (Phi) is 5.25. The summed E-state index contributed by atoms with van der Waals surface area (Å²) in [5.74, 6) is 1.58. The van der Waals surface area contributed by atoms with Crippen LogP contribution in [-0.2, 0) is 15.9 Å². The highest BCUT2D eigenvalue weighted by Gasteiger charge is 2.36. The molecule has 1 fully saturated rings. The number of unbranched alkanes of at least 4 members (excludes halogenated alkanes) is 1. The second kappa shape index (κ2) is 7.59. The van der Waals surface area contributed by atoms with Gasteiger partial charge in [-0.05, 0) is 56.2 Å². The third kappa shape index (κ3) is 3.56. The highest BCUT2D eigenvalue weighted by molar-refractivity contribution is 9.10. The van der Waals surface area contributed by atoms with Crippen LogP contribution in [0.15, 0.2) is 28.8 Å². The minimum atomic E-state index is 0.0309. The molecule has 3 nitrogen and oxygen atoms in total. The molecule has 4 heteroatoms. The summed E-state index contributed by atoms with van der Waals surface area (Å²) in [6.45, 7) is 1.64. The van der Waals surface area contributed by atoms with Crippen LogP contribution in [0.1, 0.15) is 55.6 Å². The van der Waals surface area contributed by atoms with E-state index in [-0.39, 0.29) is 6.29 Å². The monoisotopic (exact) mass is 392 g/mol. The Balaban J connectivity index is 1.30. The SMILES string of the molecule is Brc1cc(CCCCOC2CCCCO2)c2c(c1)[C@H]1C=CC[C@H]1O2. The first-order chi connectivity index (χ1) is 11.8. The number of fused-ring (bicyclic) bond motifs is 3. The fourth-order valence-corrected chi connectivity index (χ4v) is 4.45. The maximum absolute atomic E-state index is 6.23. The summed E-state index contributed by atoms with van der Waals surface area (Å²) in [5.41, 5.74) is 2.68. The zero-order valence-corrected chi connectivity index (χ0v) is 15.6. The van der Waals surface area contributed by atoms with Gasteiger partial charge in [0.1, 0.15) is 11.9 Å². The molecule has 1 aliphatic carbocycles. The van der Waals surface area contributed by atoms with Crippen LogP contribution < -0.4 is 4.74 Å². The lowest BCUT2D eigenvalue weighted by Gasteiger charge is -2.22.